The first-order chi connectivity index (χ1) is 8.72. The summed E-state index contributed by atoms with van der Waals surface area (Å²) in [4.78, 5) is 3.23. The zero-order valence-electron chi connectivity index (χ0n) is 10.3. The maximum Gasteiger partial charge on any atom is 0.142 e. The van der Waals surface area contributed by atoms with Gasteiger partial charge in [0.2, 0.25) is 0 Å². The summed E-state index contributed by atoms with van der Waals surface area (Å²) in [5.74, 6) is 0.819. The zero-order chi connectivity index (χ0) is 12.7. The van der Waals surface area contributed by atoms with Crippen molar-refractivity contribution in [3.05, 3.63) is 30.6 Å². The summed E-state index contributed by atoms with van der Waals surface area (Å²) < 4.78 is 7.11. The normalized spacial score (nSPS) is 11.0. The second-order valence-electron chi connectivity index (χ2n) is 4.16. The fourth-order valence-electron chi connectivity index (χ4n) is 2.28. The minimum absolute atomic E-state index is 0.668. The fourth-order valence-corrected chi connectivity index (χ4v) is 2.28. The molecule has 0 spiro atoms. The van der Waals surface area contributed by atoms with E-state index in [1.54, 1.807) is 18.0 Å². The first kappa shape index (κ1) is 10.7. The molecule has 92 valence electrons. The molecule has 0 amide bonds. The van der Waals surface area contributed by atoms with Gasteiger partial charge in [-0.05, 0) is 6.07 Å². The van der Waals surface area contributed by atoms with Gasteiger partial charge >= 0.3 is 0 Å². The van der Waals surface area contributed by atoms with Crippen molar-refractivity contribution in [1.29, 1.82) is 0 Å². The minimum atomic E-state index is 0.668. The Morgan fingerprint density at radius 3 is 2.89 bits per heavy atom. The molecule has 0 aliphatic carbocycles. The van der Waals surface area contributed by atoms with Crippen LogP contribution in [0.5, 0.6) is 5.75 Å². The Kier molecular flexibility index (Phi) is 2.26. The van der Waals surface area contributed by atoms with Crippen molar-refractivity contribution in [3.63, 3.8) is 0 Å². The molecule has 0 aliphatic rings. The first-order valence-electron chi connectivity index (χ1n) is 5.64. The average molecular weight is 242 g/mol. The van der Waals surface area contributed by atoms with Crippen molar-refractivity contribution in [2.75, 3.05) is 12.8 Å². The van der Waals surface area contributed by atoms with Crippen LogP contribution in [0.4, 0.5) is 5.69 Å². The second kappa shape index (κ2) is 3.80. The lowest BCUT2D eigenvalue weighted by Gasteiger charge is -2.04. The molecule has 18 heavy (non-hydrogen) atoms. The number of aromatic amines is 1. The molecule has 0 saturated carbocycles. The van der Waals surface area contributed by atoms with Gasteiger partial charge in [-0.3, -0.25) is 4.68 Å². The number of anilines is 1. The molecule has 0 aliphatic heterocycles. The van der Waals surface area contributed by atoms with Crippen molar-refractivity contribution in [1.82, 2.24) is 14.8 Å². The molecule has 2 heterocycles. The summed E-state index contributed by atoms with van der Waals surface area (Å²) in [6.07, 6.45) is 3.59. The Morgan fingerprint density at radius 1 is 1.39 bits per heavy atom. The van der Waals surface area contributed by atoms with Gasteiger partial charge in [-0.15, -0.1) is 0 Å². The van der Waals surface area contributed by atoms with Crippen molar-refractivity contribution < 1.29 is 4.74 Å². The summed E-state index contributed by atoms with van der Waals surface area (Å²) in [5.41, 5.74) is 9.54. The minimum Gasteiger partial charge on any atom is -0.495 e. The number of H-pyrrole nitrogens is 1. The number of nitrogen functional groups attached to an aromatic ring is 1. The number of nitrogens with one attached hydrogen (secondary N) is 1. The number of para-hydroxylation sites is 1. The summed E-state index contributed by atoms with van der Waals surface area (Å²) in [6.45, 7) is 0. The van der Waals surface area contributed by atoms with Crippen LogP contribution in [0.1, 0.15) is 0 Å². The SMILES string of the molecule is COc1cccc2c(-c3c(N)cnn3C)c[nH]c12. The standard InChI is InChI=1S/C13H14N4O/c1-17-13(10(14)7-16-17)9-6-15-12-8(9)4-3-5-11(12)18-2/h3-7,15H,14H2,1-2H3. The summed E-state index contributed by atoms with van der Waals surface area (Å²) >= 11 is 0. The molecule has 0 radical (unpaired) electrons. The molecular formula is C13H14N4O. The van der Waals surface area contributed by atoms with Gasteiger partial charge in [0.25, 0.3) is 0 Å². The molecular weight excluding hydrogens is 228 g/mol. The number of aromatic nitrogens is 3. The van der Waals surface area contributed by atoms with Gasteiger partial charge in [-0.2, -0.15) is 5.10 Å². The highest BCUT2D eigenvalue weighted by Gasteiger charge is 2.14. The van der Waals surface area contributed by atoms with Crippen LogP contribution in [0.25, 0.3) is 22.2 Å². The van der Waals surface area contributed by atoms with E-state index in [1.807, 2.05) is 31.4 Å². The number of hydrogen-bond donors (Lipinski definition) is 2. The van der Waals surface area contributed by atoms with Gasteiger partial charge in [0.15, 0.2) is 0 Å². The van der Waals surface area contributed by atoms with Crippen LogP contribution in [0.2, 0.25) is 0 Å². The van der Waals surface area contributed by atoms with E-state index in [2.05, 4.69) is 10.1 Å². The summed E-state index contributed by atoms with van der Waals surface area (Å²) in [7, 11) is 3.54. The van der Waals surface area contributed by atoms with Crippen LogP contribution in [-0.2, 0) is 7.05 Å². The number of nitrogens with two attached hydrogens (primary N) is 1. The van der Waals surface area contributed by atoms with Crippen molar-refractivity contribution in [2.24, 2.45) is 7.05 Å². The zero-order valence-corrected chi connectivity index (χ0v) is 10.3. The fraction of sp³-hybridized carbons (Fsp3) is 0.154. The third-order valence-corrected chi connectivity index (χ3v) is 3.12. The predicted molar refractivity (Wildman–Crippen MR) is 71.5 cm³/mol. The Bertz CT molecular complexity index is 691. The van der Waals surface area contributed by atoms with Crippen LogP contribution >= 0.6 is 0 Å². The lowest BCUT2D eigenvalue weighted by molar-refractivity contribution is 0.419. The molecule has 0 saturated heterocycles. The lowest BCUT2D eigenvalue weighted by atomic mass is 10.1. The quantitative estimate of drug-likeness (QED) is 0.723. The molecule has 2 aromatic heterocycles. The van der Waals surface area contributed by atoms with E-state index in [0.29, 0.717) is 5.69 Å². The molecule has 3 rings (SSSR count). The number of benzene rings is 1. The molecule has 0 atom stereocenters. The number of aryl methyl sites for hydroxylation is 1. The maximum atomic E-state index is 5.97. The Balaban J connectivity index is 2.32. The van der Waals surface area contributed by atoms with Crippen molar-refractivity contribution in [3.8, 4) is 17.0 Å². The molecule has 3 aromatic rings. The molecule has 5 heteroatoms. The van der Waals surface area contributed by atoms with Gasteiger partial charge in [-0.25, -0.2) is 0 Å². The number of hydrogen-bond acceptors (Lipinski definition) is 3. The van der Waals surface area contributed by atoms with Crippen LogP contribution in [0, 0.1) is 0 Å². The predicted octanol–water partition coefficient (Wildman–Crippen LogP) is 2.16. The third kappa shape index (κ3) is 1.37. The smallest absolute Gasteiger partial charge is 0.142 e. The van der Waals surface area contributed by atoms with Crippen molar-refractivity contribution in [2.45, 2.75) is 0 Å². The largest absolute Gasteiger partial charge is 0.495 e. The van der Waals surface area contributed by atoms with Gasteiger partial charge in [-0.1, -0.05) is 12.1 Å². The van der Waals surface area contributed by atoms with E-state index in [4.69, 9.17) is 10.5 Å². The highest BCUT2D eigenvalue weighted by atomic mass is 16.5. The Hall–Kier alpha value is -2.43. The highest BCUT2D eigenvalue weighted by molar-refractivity contribution is 5.99. The van der Waals surface area contributed by atoms with E-state index in [-0.39, 0.29) is 0 Å². The van der Waals surface area contributed by atoms with Gasteiger partial charge in [0, 0.05) is 24.2 Å². The molecule has 5 nitrogen and oxygen atoms in total. The number of ether oxygens (including phenoxy) is 1. The van der Waals surface area contributed by atoms with Crippen LogP contribution in [-0.4, -0.2) is 21.9 Å². The summed E-state index contributed by atoms with van der Waals surface area (Å²) in [5, 5.41) is 5.24. The second-order valence-corrected chi connectivity index (χ2v) is 4.16. The maximum absolute atomic E-state index is 5.97. The highest BCUT2D eigenvalue weighted by Crippen LogP contribution is 2.35. The lowest BCUT2D eigenvalue weighted by Crippen LogP contribution is -1.95. The summed E-state index contributed by atoms with van der Waals surface area (Å²) in [6, 6.07) is 5.93. The molecule has 0 fully saturated rings. The van der Waals surface area contributed by atoms with E-state index >= 15 is 0 Å². The van der Waals surface area contributed by atoms with Gasteiger partial charge in [0.1, 0.15) is 5.75 Å². The van der Waals surface area contributed by atoms with E-state index in [0.717, 1.165) is 27.9 Å². The van der Waals surface area contributed by atoms with E-state index < -0.39 is 0 Å². The number of nitrogens with zero attached hydrogens (tertiary/aromatic N) is 2. The van der Waals surface area contributed by atoms with Gasteiger partial charge < -0.3 is 15.5 Å². The van der Waals surface area contributed by atoms with Crippen molar-refractivity contribution >= 4 is 16.6 Å². The molecule has 1 aromatic carbocycles. The van der Waals surface area contributed by atoms with Crippen LogP contribution in [0.15, 0.2) is 30.6 Å². The third-order valence-electron chi connectivity index (χ3n) is 3.12. The Morgan fingerprint density at radius 2 is 2.22 bits per heavy atom. The Labute approximate surface area is 104 Å². The van der Waals surface area contributed by atoms with E-state index in [1.165, 1.54) is 0 Å². The molecule has 0 bridgehead atoms. The first-order valence-corrected chi connectivity index (χ1v) is 5.64. The number of rotatable bonds is 2. The number of fused-ring (bicyclic) bond motifs is 1. The molecule has 3 N–H and O–H groups in total. The average Bonchev–Trinajstić information content (AvgIpc) is 2.93. The number of methoxy groups -OCH3 is 1. The molecule has 0 unspecified atom stereocenters. The van der Waals surface area contributed by atoms with Crippen LogP contribution < -0.4 is 10.5 Å². The van der Waals surface area contributed by atoms with Gasteiger partial charge in [0.05, 0.1) is 30.2 Å². The van der Waals surface area contributed by atoms with Crippen LogP contribution in [0.3, 0.4) is 0 Å². The van der Waals surface area contributed by atoms with E-state index in [9.17, 15) is 0 Å². The monoisotopic (exact) mass is 242 g/mol. The topological polar surface area (TPSA) is 68.9 Å².